The number of benzene rings is 3. The van der Waals surface area contributed by atoms with Crippen LogP contribution in [0.4, 0.5) is 11.4 Å². The van der Waals surface area contributed by atoms with Crippen molar-refractivity contribution in [3.8, 4) is 0 Å². The SMILES string of the molecule is C[C@H]1C(=O)N(Cc2ccccc2)c2ccccc2N1C(=O)c1ccccc1. The van der Waals surface area contributed by atoms with E-state index in [1.807, 2.05) is 72.8 Å². The Labute approximate surface area is 158 Å². The molecule has 4 heteroatoms. The maximum atomic E-state index is 13.2. The first kappa shape index (κ1) is 17.0. The van der Waals surface area contributed by atoms with E-state index in [0.717, 1.165) is 16.9 Å². The average molecular weight is 356 g/mol. The van der Waals surface area contributed by atoms with E-state index in [-0.39, 0.29) is 11.8 Å². The van der Waals surface area contributed by atoms with E-state index in [1.54, 1.807) is 28.9 Å². The Morgan fingerprint density at radius 2 is 1.37 bits per heavy atom. The zero-order chi connectivity index (χ0) is 18.8. The van der Waals surface area contributed by atoms with Crippen molar-refractivity contribution in [1.29, 1.82) is 0 Å². The molecule has 4 rings (SSSR count). The summed E-state index contributed by atoms with van der Waals surface area (Å²) in [6.45, 7) is 2.27. The molecule has 1 aliphatic rings. The predicted octanol–water partition coefficient (Wildman–Crippen LogP) is 4.27. The second-order valence-corrected chi connectivity index (χ2v) is 6.62. The molecule has 0 spiro atoms. The van der Waals surface area contributed by atoms with Gasteiger partial charge in [-0.25, -0.2) is 0 Å². The minimum atomic E-state index is -0.573. The molecular formula is C23H20N2O2. The fraction of sp³-hybridized carbons (Fsp3) is 0.130. The molecule has 27 heavy (non-hydrogen) atoms. The Bertz CT molecular complexity index is 970. The van der Waals surface area contributed by atoms with Crippen LogP contribution in [-0.2, 0) is 11.3 Å². The van der Waals surface area contributed by atoms with Gasteiger partial charge in [0.2, 0.25) is 5.91 Å². The zero-order valence-corrected chi connectivity index (χ0v) is 15.1. The van der Waals surface area contributed by atoms with E-state index >= 15 is 0 Å². The fourth-order valence-corrected chi connectivity index (χ4v) is 3.49. The summed E-state index contributed by atoms with van der Waals surface area (Å²) in [6, 6.07) is 26.0. The monoisotopic (exact) mass is 356 g/mol. The highest BCUT2D eigenvalue weighted by Gasteiger charge is 2.38. The highest BCUT2D eigenvalue weighted by molar-refractivity contribution is 6.17. The Kier molecular flexibility index (Phi) is 4.47. The van der Waals surface area contributed by atoms with Crippen molar-refractivity contribution in [3.63, 3.8) is 0 Å². The Hall–Kier alpha value is -3.40. The van der Waals surface area contributed by atoms with Crippen molar-refractivity contribution in [2.24, 2.45) is 0 Å². The quantitative estimate of drug-likeness (QED) is 0.703. The highest BCUT2D eigenvalue weighted by Crippen LogP contribution is 2.37. The van der Waals surface area contributed by atoms with Crippen LogP contribution in [-0.4, -0.2) is 17.9 Å². The van der Waals surface area contributed by atoms with Crippen molar-refractivity contribution in [1.82, 2.24) is 0 Å². The number of amides is 2. The second-order valence-electron chi connectivity index (χ2n) is 6.62. The van der Waals surface area contributed by atoms with Crippen LogP contribution in [0, 0.1) is 0 Å². The molecule has 0 aliphatic carbocycles. The number of nitrogens with zero attached hydrogens (tertiary/aromatic N) is 2. The first-order valence-electron chi connectivity index (χ1n) is 9.00. The van der Waals surface area contributed by atoms with Crippen molar-refractivity contribution in [2.45, 2.75) is 19.5 Å². The molecule has 3 aromatic carbocycles. The molecule has 2 amide bonds. The third kappa shape index (κ3) is 3.10. The normalized spacial score (nSPS) is 16.2. The first-order valence-corrected chi connectivity index (χ1v) is 9.00. The molecule has 3 aromatic rings. The molecular weight excluding hydrogens is 336 g/mol. The van der Waals surface area contributed by atoms with Crippen LogP contribution in [0.25, 0.3) is 0 Å². The molecule has 1 heterocycles. The van der Waals surface area contributed by atoms with Crippen LogP contribution < -0.4 is 9.80 Å². The van der Waals surface area contributed by atoms with E-state index in [9.17, 15) is 9.59 Å². The van der Waals surface area contributed by atoms with Crippen LogP contribution in [0.2, 0.25) is 0 Å². The molecule has 0 saturated heterocycles. The molecule has 134 valence electrons. The van der Waals surface area contributed by atoms with Crippen molar-refractivity contribution in [2.75, 3.05) is 9.80 Å². The number of para-hydroxylation sites is 2. The van der Waals surface area contributed by atoms with Gasteiger partial charge >= 0.3 is 0 Å². The van der Waals surface area contributed by atoms with Crippen LogP contribution in [0.5, 0.6) is 0 Å². The molecule has 0 saturated carbocycles. The summed E-state index contributed by atoms with van der Waals surface area (Å²) in [5.74, 6) is -0.245. The van der Waals surface area contributed by atoms with Gasteiger partial charge in [-0.05, 0) is 36.8 Å². The molecule has 0 fully saturated rings. The van der Waals surface area contributed by atoms with Gasteiger partial charge < -0.3 is 4.90 Å². The average Bonchev–Trinajstić information content (AvgIpc) is 2.73. The summed E-state index contributed by atoms with van der Waals surface area (Å²) >= 11 is 0. The number of rotatable bonds is 3. The molecule has 0 N–H and O–H groups in total. The van der Waals surface area contributed by atoms with Gasteiger partial charge in [0, 0.05) is 5.56 Å². The zero-order valence-electron chi connectivity index (χ0n) is 15.1. The number of carbonyl (C=O) groups is 2. The Morgan fingerprint density at radius 3 is 2.04 bits per heavy atom. The van der Waals surface area contributed by atoms with Gasteiger partial charge in [0.1, 0.15) is 6.04 Å². The fourth-order valence-electron chi connectivity index (χ4n) is 3.49. The number of anilines is 2. The number of fused-ring (bicyclic) bond motifs is 1. The molecule has 0 unspecified atom stereocenters. The van der Waals surface area contributed by atoms with Gasteiger partial charge in [-0.1, -0.05) is 60.7 Å². The molecule has 0 radical (unpaired) electrons. The minimum Gasteiger partial charge on any atom is -0.304 e. The minimum absolute atomic E-state index is 0.0816. The van der Waals surface area contributed by atoms with E-state index < -0.39 is 6.04 Å². The van der Waals surface area contributed by atoms with E-state index in [0.29, 0.717) is 12.1 Å². The molecule has 0 aromatic heterocycles. The number of carbonyl (C=O) groups excluding carboxylic acids is 2. The summed E-state index contributed by atoms with van der Waals surface area (Å²) in [5, 5.41) is 0. The number of hydrogen-bond acceptors (Lipinski definition) is 2. The van der Waals surface area contributed by atoms with Gasteiger partial charge in [-0.2, -0.15) is 0 Å². The molecule has 1 aliphatic heterocycles. The lowest BCUT2D eigenvalue weighted by Gasteiger charge is -2.40. The van der Waals surface area contributed by atoms with Crippen LogP contribution in [0.1, 0.15) is 22.8 Å². The summed E-state index contributed by atoms with van der Waals surface area (Å²) in [5.41, 5.74) is 3.14. The van der Waals surface area contributed by atoms with E-state index in [1.165, 1.54) is 0 Å². The maximum Gasteiger partial charge on any atom is 0.259 e. The molecule has 1 atom stereocenters. The van der Waals surface area contributed by atoms with Gasteiger partial charge in [0.25, 0.3) is 5.91 Å². The summed E-state index contributed by atoms with van der Waals surface area (Å²) < 4.78 is 0. The van der Waals surface area contributed by atoms with E-state index in [2.05, 4.69) is 0 Å². The molecule has 0 bridgehead atoms. The summed E-state index contributed by atoms with van der Waals surface area (Å²) in [6.07, 6.45) is 0. The standard InChI is InChI=1S/C23H20N2O2/c1-17-22(26)24(16-18-10-4-2-5-11-18)20-14-8-9-15-21(20)25(17)23(27)19-12-6-3-7-13-19/h2-15,17H,16H2,1H3/t17-/m0/s1. The van der Waals surface area contributed by atoms with Gasteiger partial charge in [0.05, 0.1) is 17.9 Å². The second kappa shape index (κ2) is 7.08. The van der Waals surface area contributed by atoms with Crippen molar-refractivity contribution in [3.05, 3.63) is 96.1 Å². The molecule has 4 nitrogen and oxygen atoms in total. The Balaban J connectivity index is 1.76. The predicted molar refractivity (Wildman–Crippen MR) is 107 cm³/mol. The van der Waals surface area contributed by atoms with Gasteiger partial charge in [-0.3, -0.25) is 14.5 Å². The highest BCUT2D eigenvalue weighted by atomic mass is 16.2. The van der Waals surface area contributed by atoms with Gasteiger partial charge in [0.15, 0.2) is 0 Å². The number of hydrogen-bond donors (Lipinski definition) is 0. The summed E-state index contributed by atoms with van der Waals surface area (Å²) in [4.78, 5) is 29.7. The lowest BCUT2D eigenvalue weighted by molar-refractivity contribution is -0.119. The lowest BCUT2D eigenvalue weighted by atomic mass is 10.0. The Morgan fingerprint density at radius 1 is 0.815 bits per heavy atom. The van der Waals surface area contributed by atoms with Gasteiger partial charge in [-0.15, -0.1) is 0 Å². The largest absolute Gasteiger partial charge is 0.304 e. The van der Waals surface area contributed by atoms with Crippen LogP contribution in [0.15, 0.2) is 84.9 Å². The third-order valence-electron chi connectivity index (χ3n) is 4.87. The van der Waals surface area contributed by atoms with Crippen LogP contribution in [0.3, 0.4) is 0 Å². The van der Waals surface area contributed by atoms with Crippen molar-refractivity contribution >= 4 is 23.2 Å². The summed E-state index contributed by atoms with van der Waals surface area (Å²) in [7, 11) is 0. The third-order valence-corrected chi connectivity index (χ3v) is 4.87. The lowest BCUT2D eigenvalue weighted by Crippen LogP contribution is -2.54. The first-order chi connectivity index (χ1) is 13.2. The maximum absolute atomic E-state index is 13.2. The van der Waals surface area contributed by atoms with E-state index in [4.69, 9.17) is 0 Å². The topological polar surface area (TPSA) is 40.6 Å². The van der Waals surface area contributed by atoms with Crippen molar-refractivity contribution < 1.29 is 9.59 Å². The van der Waals surface area contributed by atoms with Crippen LogP contribution >= 0.6 is 0 Å². The smallest absolute Gasteiger partial charge is 0.259 e.